The van der Waals surface area contributed by atoms with Crippen LogP contribution < -0.4 is 10.2 Å². The lowest BCUT2D eigenvalue weighted by atomic mass is 9.68. The number of esters is 1. The van der Waals surface area contributed by atoms with E-state index in [1.54, 1.807) is 19.1 Å². The highest BCUT2D eigenvalue weighted by atomic mass is 16.5. The maximum Gasteiger partial charge on any atom is 0.308 e. The summed E-state index contributed by atoms with van der Waals surface area (Å²) in [4.78, 5) is 38.2. The van der Waals surface area contributed by atoms with E-state index >= 15 is 0 Å². The van der Waals surface area contributed by atoms with Gasteiger partial charge in [-0.2, -0.15) is 0 Å². The van der Waals surface area contributed by atoms with Crippen molar-refractivity contribution in [3.8, 4) is 17.1 Å². The summed E-state index contributed by atoms with van der Waals surface area (Å²) in [6, 6.07) is 12.1. The molecule has 2 aromatic carbocycles. The minimum absolute atomic E-state index is 0.0692. The summed E-state index contributed by atoms with van der Waals surface area (Å²) in [5.41, 5.74) is -0.459. The van der Waals surface area contributed by atoms with Crippen LogP contribution in [0.4, 0.5) is 0 Å². The van der Waals surface area contributed by atoms with Crippen LogP contribution in [-0.2, 0) is 15.0 Å². The maximum atomic E-state index is 13.4. The Labute approximate surface area is 191 Å². The Hall–Kier alpha value is -3.67. The second-order valence-electron chi connectivity index (χ2n) is 8.23. The van der Waals surface area contributed by atoms with Gasteiger partial charge in [0.05, 0.1) is 5.41 Å². The fourth-order valence-electron chi connectivity index (χ4n) is 4.79. The van der Waals surface area contributed by atoms with Crippen LogP contribution in [0.2, 0.25) is 0 Å². The van der Waals surface area contributed by atoms with Crippen LogP contribution in [0.25, 0.3) is 27.9 Å². The number of hydrogen-bond acceptors (Lipinski definition) is 6. The highest BCUT2D eigenvalue weighted by molar-refractivity contribution is 6.10. The predicted octanol–water partition coefficient (Wildman–Crippen LogP) is 5.70. The molecule has 170 valence electrons. The van der Waals surface area contributed by atoms with Gasteiger partial charge in [-0.15, -0.1) is 0 Å². The molecule has 0 unspecified atom stereocenters. The van der Waals surface area contributed by atoms with Gasteiger partial charge in [0, 0.05) is 29.5 Å². The lowest BCUT2D eigenvalue weighted by molar-refractivity contribution is -0.131. The van der Waals surface area contributed by atoms with Crippen LogP contribution in [0.1, 0.15) is 58.3 Å². The van der Waals surface area contributed by atoms with E-state index in [9.17, 15) is 19.5 Å². The van der Waals surface area contributed by atoms with Crippen LogP contribution in [-0.4, -0.2) is 16.9 Å². The van der Waals surface area contributed by atoms with Gasteiger partial charge in [-0.3, -0.25) is 14.4 Å². The molecule has 1 N–H and O–H groups in total. The van der Waals surface area contributed by atoms with Gasteiger partial charge in [0.25, 0.3) is 0 Å². The first-order chi connectivity index (χ1) is 15.8. The number of ether oxygens (including phenoxy) is 1. The van der Waals surface area contributed by atoms with E-state index in [4.69, 9.17) is 9.15 Å². The largest absolute Gasteiger partial charge is 0.507 e. The smallest absolute Gasteiger partial charge is 0.308 e. The molecule has 4 rings (SSSR count). The van der Waals surface area contributed by atoms with Crippen molar-refractivity contribution in [1.82, 2.24) is 0 Å². The molecule has 6 heteroatoms. The average Bonchev–Trinajstić information content (AvgIpc) is 2.80. The van der Waals surface area contributed by atoms with Crippen molar-refractivity contribution in [2.75, 3.05) is 0 Å². The van der Waals surface area contributed by atoms with Crippen LogP contribution in [0.15, 0.2) is 57.2 Å². The first kappa shape index (κ1) is 22.5. The highest BCUT2D eigenvalue weighted by Gasteiger charge is 2.48. The zero-order chi connectivity index (χ0) is 23.9. The maximum absolute atomic E-state index is 13.4. The highest BCUT2D eigenvalue weighted by Crippen LogP contribution is 2.45. The fourth-order valence-corrected chi connectivity index (χ4v) is 4.79. The van der Waals surface area contributed by atoms with Crippen molar-refractivity contribution in [1.29, 1.82) is 0 Å². The molecule has 1 aliphatic carbocycles. The van der Waals surface area contributed by atoms with Crippen LogP contribution in [0.3, 0.4) is 0 Å². The molecule has 1 aromatic heterocycles. The van der Waals surface area contributed by atoms with Gasteiger partial charge in [-0.25, -0.2) is 0 Å². The molecule has 0 atom stereocenters. The van der Waals surface area contributed by atoms with Crippen molar-refractivity contribution in [3.63, 3.8) is 0 Å². The number of hydrogen-bond donors (Lipinski definition) is 1. The van der Waals surface area contributed by atoms with E-state index in [1.807, 2.05) is 38.1 Å². The van der Waals surface area contributed by atoms with Gasteiger partial charge in [0.1, 0.15) is 28.6 Å². The monoisotopic (exact) mass is 446 g/mol. The van der Waals surface area contributed by atoms with Gasteiger partial charge in [0.15, 0.2) is 11.2 Å². The molecule has 0 bridgehead atoms. The first-order valence-electron chi connectivity index (χ1n) is 11.1. The molecular weight excluding hydrogens is 420 g/mol. The van der Waals surface area contributed by atoms with Gasteiger partial charge >= 0.3 is 5.97 Å². The summed E-state index contributed by atoms with van der Waals surface area (Å²) in [7, 11) is 0. The number of rotatable bonds is 5. The fraction of sp³-hybridized carbons (Fsp3) is 0.296. The number of allylic oxidation sites excluding steroid dienone is 1. The van der Waals surface area contributed by atoms with Crippen LogP contribution in [0.5, 0.6) is 5.75 Å². The summed E-state index contributed by atoms with van der Waals surface area (Å²) in [6.07, 6.45) is 1.20. The van der Waals surface area contributed by atoms with Crippen LogP contribution >= 0.6 is 0 Å². The SMILES string of the molecule is CCC1=C(O)c2c(oc(-c3ccc(OC(C)=O)c4ccccc34)cc2=O)C(CC)(CC)C1=O. The summed E-state index contributed by atoms with van der Waals surface area (Å²) >= 11 is 0. The zero-order valence-corrected chi connectivity index (χ0v) is 19.2. The summed E-state index contributed by atoms with van der Waals surface area (Å²) < 4.78 is 11.6. The number of carbonyl (C=O) groups is 2. The van der Waals surface area contributed by atoms with Gasteiger partial charge in [-0.1, -0.05) is 45.0 Å². The predicted molar refractivity (Wildman–Crippen MR) is 126 cm³/mol. The number of carbonyl (C=O) groups excluding carboxylic acids is 2. The molecule has 0 spiro atoms. The molecular formula is C27H26O6. The number of benzene rings is 2. The Kier molecular flexibility index (Phi) is 5.70. The Morgan fingerprint density at radius 2 is 1.70 bits per heavy atom. The van der Waals surface area contributed by atoms with E-state index in [2.05, 4.69) is 0 Å². The normalized spacial score (nSPS) is 15.0. The third-order valence-corrected chi connectivity index (χ3v) is 6.58. The summed E-state index contributed by atoms with van der Waals surface area (Å²) in [5, 5.41) is 12.2. The first-order valence-corrected chi connectivity index (χ1v) is 11.1. The lowest BCUT2D eigenvalue weighted by Crippen LogP contribution is -2.41. The average molecular weight is 446 g/mol. The minimum Gasteiger partial charge on any atom is -0.507 e. The van der Waals surface area contributed by atoms with E-state index in [-0.39, 0.29) is 34.2 Å². The lowest BCUT2D eigenvalue weighted by Gasteiger charge is -2.35. The Balaban J connectivity index is 2.04. The van der Waals surface area contributed by atoms with E-state index < -0.39 is 16.8 Å². The zero-order valence-electron chi connectivity index (χ0n) is 19.2. The van der Waals surface area contributed by atoms with Crippen molar-refractivity contribution in [2.45, 2.75) is 52.4 Å². The van der Waals surface area contributed by atoms with Gasteiger partial charge < -0.3 is 14.3 Å². The Morgan fingerprint density at radius 3 is 2.30 bits per heavy atom. The van der Waals surface area contributed by atoms with Gasteiger partial charge in [-0.05, 0) is 36.8 Å². The molecule has 0 fully saturated rings. The molecule has 0 amide bonds. The van der Waals surface area contributed by atoms with Gasteiger partial charge in [0.2, 0.25) is 0 Å². The number of aliphatic hydroxyl groups excluding tert-OH is 1. The topological polar surface area (TPSA) is 93.8 Å². The standard InChI is InChI=1S/C27H26O6/c1-5-16-24(30)23-20(29)14-22(33-26(23)27(6-2,7-3)25(16)31)19-12-13-21(32-15(4)28)18-11-9-8-10-17(18)19/h8-14,30H,5-7H2,1-4H3. The second kappa shape index (κ2) is 8.35. The van der Waals surface area contributed by atoms with Crippen molar-refractivity contribution < 1.29 is 23.8 Å². The van der Waals surface area contributed by atoms with Crippen molar-refractivity contribution >= 4 is 28.3 Å². The summed E-state index contributed by atoms with van der Waals surface area (Å²) in [5.74, 6) is -0.0156. The Morgan fingerprint density at radius 1 is 1.03 bits per heavy atom. The van der Waals surface area contributed by atoms with E-state index in [1.165, 1.54) is 13.0 Å². The molecule has 6 nitrogen and oxygen atoms in total. The second-order valence-corrected chi connectivity index (χ2v) is 8.23. The molecule has 0 saturated heterocycles. The third kappa shape index (κ3) is 3.37. The molecule has 33 heavy (non-hydrogen) atoms. The molecule has 1 aliphatic rings. The number of fused-ring (bicyclic) bond motifs is 2. The van der Waals surface area contributed by atoms with Crippen molar-refractivity contribution in [2.24, 2.45) is 0 Å². The Bertz CT molecular complexity index is 1370. The quantitative estimate of drug-likeness (QED) is 0.399. The molecule has 1 heterocycles. The molecule has 0 saturated carbocycles. The van der Waals surface area contributed by atoms with E-state index in [0.29, 0.717) is 36.0 Å². The number of aliphatic hydroxyl groups is 1. The number of Topliss-reactive ketones (excluding diaryl/α,β-unsaturated/α-hetero) is 1. The minimum atomic E-state index is -1.02. The molecule has 0 radical (unpaired) electrons. The van der Waals surface area contributed by atoms with E-state index in [0.717, 1.165) is 5.39 Å². The number of ketones is 1. The van der Waals surface area contributed by atoms with Crippen molar-refractivity contribution in [3.05, 3.63) is 69.6 Å². The molecule has 3 aromatic rings. The molecule has 0 aliphatic heterocycles. The summed E-state index contributed by atoms with van der Waals surface area (Å²) in [6.45, 7) is 6.90. The van der Waals surface area contributed by atoms with Crippen LogP contribution in [0, 0.1) is 0 Å². The third-order valence-electron chi connectivity index (χ3n) is 6.58.